The van der Waals surface area contributed by atoms with Crippen molar-refractivity contribution in [3.05, 3.63) is 69.7 Å². The molecule has 19 heavy (non-hydrogen) atoms. The van der Waals surface area contributed by atoms with E-state index in [2.05, 4.69) is 21.4 Å². The van der Waals surface area contributed by atoms with Crippen LogP contribution in [0.3, 0.4) is 0 Å². The summed E-state index contributed by atoms with van der Waals surface area (Å²) in [6.45, 7) is 0. The molecule has 0 amide bonds. The van der Waals surface area contributed by atoms with Gasteiger partial charge in [-0.25, -0.2) is 8.78 Å². The van der Waals surface area contributed by atoms with Gasteiger partial charge in [-0.1, -0.05) is 30.3 Å². The third-order valence-corrected chi connectivity index (χ3v) is 3.78. The molecule has 2 aromatic carbocycles. The first kappa shape index (κ1) is 14.1. The number of hydrazine groups is 1. The molecule has 1 unspecified atom stereocenters. The Morgan fingerprint density at radius 1 is 1.05 bits per heavy atom. The van der Waals surface area contributed by atoms with E-state index >= 15 is 0 Å². The summed E-state index contributed by atoms with van der Waals surface area (Å²) in [7, 11) is 0. The van der Waals surface area contributed by atoms with Gasteiger partial charge in [0, 0.05) is 0 Å². The smallest absolute Gasteiger partial charge is 0.137 e. The van der Waals surface area contributed by atoms with Crippen LogP contribution >= 0.6 is 15.9 Å². The van der Waals surface area contributed by atoms with Crippen LogP contribution in [-0.4, -0.2) is 0 Å². The van der Waals surface area contributed by atoms with Crippen LogP contribution in [0.15, 0.2) is 46.9 Å². The molecule has 0 heterocycles. The van der Waals surface area contributed by atoms with Crippen molar-refractivity contribution in [2.75, 3.05) is 0 Å². The van der Waals surface area contributed by atoms with Crippen LogP contribution in [0.5, 0.6) is 0 Å². The van der Waals surface area contributed by atoms with Gasteiger partial charge in [0.25, 0.3) is 0 Å². The molecular formula is C14H13BrF2N2. The summed E-state index contributed by atoms with van der Waals surface area (Å²) in [5, 5.41) is 0. The van der Waals surface area contributed by atoms with Crippen LogP contribution in [0.4, 0.5) is 8.78 Å². The number of nitrogens with one attached hydrogen (secondary N) is 1. The molecule has 0 aliphatic carbocycles. The summed E-state index contributed by atoms with van der Waals surface area (Å²) >= 11 is 3.19. The first-order chi connectivity index (χ1) is 9.13. The van der Waals surface area contributed by atoms with Crippen molar-refractivity contribution in [3.8, 4) is 0 Å². The third kappa shape index (κ3) is 3.18. The summed E-state index contributed by atoms with van der Waals surface area (Å²) < 4.78 is 27.5. The largest absolute Gasteiger partial charge is 0.271 e. The van der Waals surface area contributed by atoms with Gasteiger partial charge < -0.3 is 0 Å². The quantitative estimate of drug-likeness (QED) is 0.667. The Labute approximate surface area is 118 Å². The lowest BCUT2D eigenvalue weighted by molar-refractivity contribution is 0.522. The van der Waals surface area contributed by atoms with Gasteiger partial charge in [0.2, 0.25) is 0 Å². The zero-order valence-corrected chi connectivity index (χ0v) is 11.6. The van der Waals surface area contributed by atoms with Crippen LogP contribution in [-0.2, 0) is 6.42 Å². The zero-order valence-electron chi connectivity index (χ0n) is 10.0. The fourth-order valence-electron chi connectivity index (χ4n) is 1.93. The second kappa shape index (κ2) is 6.23. The maximum absolute atomic E-state index is 13.6. The molecule has 3 N–H and O–H groups in total. The molecule has 0 aromatic heterocycles. The molecule has 2 aromatic rings. The number of nitrogens with two attached hydrogens (primary N) is 1. The van der Waals surface area contributed by atoms with Crippen LogP contribution in [0.25, 0.3) is 0 Å². The number of hydrogen-bond acceptors (Lipinski definition) is 2. The molecule has 0 aliphatic heterocycles. The molecule has 0 radical (unpaired) electrons. The van der Waals surface area contributed by atoms with E-state index in [0.717, 1.165) is 0 Å². The average Bonchev–Trinajstić information content (AvgIpc) is 2.41. The minimum atomic E-state index is -0.373. The molecule has 0 saturated heterocycles. The fourth-order valence-corrected chi connectivity index (χ4v) is 2.47. The van der Waals surface area contributed by atoms with Crippen LogP contribution in [0, 0.1) is 11.6 Å². The minimum absolute atomic E-state index is 0.296. The van der Waals surface area contributed by atoms with Crippen molar-refractivity contribution in [1.29, 1.82) is 0 Å². The van der Waals surface area contributed by atoms with Crippen molar-refractivity contribution in [2.45, 2.75) is 12.5 Å². The molecule has 100 valence electrons. The lowest BCUT2D eigenvalue weighted by atomic mass is 9.99. The molecule has 0 saturated carbocycles. The first-order valence-corrected chi connectivity index (χ1v) is 6.56. The second-order valence-electron chi connectivity index (χ2n) is 4.16. The van der Waals surface area contributed by atoms with Crippen molar-refractivity contribution < 1.29 is 8.78 Å². The standard InChI is InChI=1S/C14H13BrF2N2/c15-14-10(5-3-7-12(14)17)13(19-18)8-9-4-1-2-6-11(9)16/h1-7,13,19H,8,18H2. The summed E-state index contributed by atoms with van der Waals surface area (Å²) in [4.78, 5) is 0. The number of rotatable bonds is 4. The molecule has 0 spiro atoms. The molecular weight excluding hydrogens is 314 g/mol. The van der Waals surface area contributed by atoms with Crippen LogP contribution in [0.1, 0.15) is 17.2 Å². The Morgan fingerprint density at radius 2 is 1.74 bits per heavy atom. The second-order valence-corrected chi connectivity index (χ2v) is 4.95. The van der Waals surface area contributed by atoms with E-state index in [1.807, 2.05) is 0 Å². The Hall–Kier alpha value is -1.30. The van der Waals surface area contributed by atoms with E-state index in [1.165, 1.54) is 12.1 Å². The molecule has 2 rings (SSSR count). The van der Waals surface area contributed by atoms with Crippen molar-refractivity contribution in [1.82, 2.24) is 5.43 Å². The van der Waals surface area contributed by atoms with Gasteiger partial charge in [-0.2, -0.15) is 0 Å². The van der Waals surface area contributed by atoms with Gasteiger partial charge >= 0.3 is 0 Å². The molecule has 5 heteroatoms. The molecule has 1 atom stereocenters. The Balaban J connectivity index is 2.31. The highest BCUT2D eigenvalue weighted by Gasteiger charge is 2.17. The average molecular weight is 327 g/mol. The monoisotopic (exact) mass is 326 g/mol. The predicted octanol–water partition coefficient (Wildman–Crippen LogP) is 3.47. The fraction of sp³-hybridized carbons (Fsp3) is 0.143. The van der Waals surface area contributed by atoms with E-state index in [-0.39, 0.29) is 17.7 Å². The predicted molar refractivity (Wildman–Crippen MR) is 74.3 cm³/mol. The highest BCUT2D eigenvalue weighted by molar-refractivity contribution is 9.10. The van der Waals surface area contributed by atoms with Crippen molar-refractivity contribution >= 4 is 15.9 Å². The minimum Gasteiger partial charge on any atom is -0.271 e. The number of benzene rings is 2. The number of halogens is 3. The van der Waals surface area contributed by atoms with Crippen LogP contribution < -0.4 is 11.3 Å². The molecule has 0 fully saturated rings. The van der Waals surface area contributed by atoms with Gasteiger partial charge in [-0.15, -0.1) is 0 Å². The van der Waals surface area contributed by atoms with Gasteiger partial charge in [0.1, 0.15) is 11.6 Å². The lowest BCUT2D eigenvalue weighted by Gasteiger charge is -2.18. The highest BCUT2D eigenvalue weighted by Crippen LogP contribution is 2.28. The van der Waals surface area contributed by atoms with E-state index in [4.69, 9.17) is 5.84 Å². The lowest BCUT2D eigenvalue weighted by Crippen LogP contribution is -2.30. The Kier molecular flexibility index (Phi) is 4.63. The zero-order chi connectivity index (χ0) is 13.8. The maximum atomic E-state index is 13.6. The van der Waals surface area contributed by atoms with E-state index in [1.54, 1.807) is 30.3 Å². The van der Waals surface area contributed by atoms with E-state index in [0.29, 0.717) is 22.0 Å². The number of hydrogen-bond donors (Lipinski definition) is 2. The SMILES string of the molecule is NNC(Cc1ccccc1F)c1cccc(F)c1Br. The topological polar surface area (TPSA) is 38.0 Å². The summed E-state index contributed by atoms with van der Waals surface area (Å²) in [5.41, 5.74) is 3.79. The van der Waals surface area contributed by atoms with Crippen molar-refractivity contribution in [3.63, 3.8) is 0 Å². The third-order valence-electron chi connectivity index (χ3n) is 2.94. The van der Waals surface area contributed by atoms with Crippen LogP contribution in [0.2, 0.25) is 0 Å². The highest BCUT2D eigenvalue weighted by atomic mass is 79.9. The van der Waals surface area contributed by atoms with E-state index in [9.17, 15) is 8.78 Å². The van der Waals surface area contributed by atoms with Gasteiger partial charge in [0.05, 0.1) is 10.5 Å². The van der Waals surface area contributed by atoms with Gasteiger partial charge in [0.15, 0.2) is 0 Å². The van der Waals surface area contributed by atoms with E-state index < -0.39 is 0 Å². The van der Waals surface area contributed by atoms with Gasteiger partial charge in [-0.3, -0.25) is 11.3 Å². The summed E-state index contributed by atoms with van der Waals surface area (Å²) in [6.07, 6.45) is 0.339. The maximum Gasteiger partial charge on any atom is 0.137 e. The van der Waals surface area contributed by atoms with Crippen molar-refractivity contribution in [2.24, 2.45) is 5.84 Å². The molecule has 0 bridgehead atoms. The molecule has 2 nitrogen and oxygen atoms in total. The summed E-state index contributed by atoms with van der Waals surface area (Å²) in [5.74, 6) is 4.84. The van der Waals surface area contributed by atoms with Gasteiger partial charge in [-0.05, 0) is 45.6 Å². The first-order valence-electron chi connectivity index (χ1n) is 5.77. The summed E-state index contributed by atoms with van der Waals surface area (Å²) in [6, 6.07) is 10.8. The molecule has 0 aliphatic rings. The Morgan fingerprint density at radius 3 is 2.42 bits per heavy atom. The normalized spacial score (nSPS) is 12.4. The Bertz CT molecular complexity index is 575.